The van der Waals surface area contributed by atoms with Crippen molar-refractivity contribution in [1.29, 1.82) is 0 Å². The summed E-state index contributed by atoms with van der Waals surface area (Å²) < 4.78 is 5.23. The predicted molar refractivity (Wildman–Crippen MR) is 72.6 cm³/mol. The van der Waals surface area contributed by atoms with Crippen LogP contribution in [0.2, 0.25) is 0 Å². The molecule has 1 fully saturated rings. The molecule has 0 aromatic carbocycles. The third-order valence-corrected chi connectivity index (χ3v) is 2.93. The third kappa shape index (κ3) is 3.70. The van der Waals surface area contributed by atoms with Gasteiger partial charge in [-0.05, 0) is 31.4 Å². The molecule has 0 amide bonds. The van der Waals surface area contributed by atoms with E-state index in [0.717, 1.165) is 19.0 Å². The Labute approximate surface area is 105 Å². The number of nitrogens with zero attached hydrogens (tertiary/aromatic N) is 2. The topological polar surface area (TPSA) is 25.4 Å². The van der Waals surface area contributed by atoms with Gasteiger partial charge in [0.25, 0.3) is 0 Å². The summed E-state index contributed by atoms with van der Waals surface area (Å²) in [5, 5.41) is 0. The highest BCUT2D eigenvalue weighted by atomic mass is 16.5. The van der Waals surface area contributed by atoms with E-state index in [9.17, 15) is 0 Å². The molecule has 0 N–H and O–H groups in total. The van der Waals surface area contributed by atoms with Crippen LogP contribution in [0.1, 0.15) is 32.3 Å². The maximum Gasteiger partial charge on any atom is 0.128 e. The van der Waals surface area contributed by atoms with Gasteiger partial charge in [-0.3, -0.25) is 0 Å². The Morgan fingerprint density at radius 3 is 2.76 bits per heavy atom. The molecule has 2 heterocycles. The zero-order chi connectivity index (χ0) is 12.7. The number of hydrogen-bond acceptors (Lipinski definition) is 3. The van der Waals surface area contributed by atoms with Crippen molar-refractivity contribution in [3.05, 3.63) is 23.9 Å². The molecule has 0 unspecified atom stereocenters. The number of methoxy groups -OCH3 is 1. The number of ether oxygens (including phenoxy) is 1. The second-order valence-electron chi connectivity index (χ2n) is 4.14. The van der Waals surface area contributed by atoms with Gasteiger partial charge in [0.1, 0.15) is 5.82 Å². The van der Waals surface area contributed by atoms with Crippen molar-refractivity contribution in [2.24, 2.45) is 0 Å². The average molecular weight is 236 g/mol. The molecule has 3 nitrogen and oxygen atoms in total. The summed E-state index contributed by atoms with van der Waals surface area (Å²) in [6, 6.07) is 4.72. The van der Waals surface area contributed by atoms with Crippen LogP contribution in [-0.2, 0) is 4.74 Å². The molecule has 1 aromatic rings. The first-order valence-electron chi connectivity index (χ1n) is 6.49. The first kappa shape index (κ1) is 14.0. The highest BCUT2D eigenvalue weighted by Crippen LogP contribution is 2.23. The highest BCUT2D eigenvalue weighted by molar-refractivity contribution is 5.41. The molecule has 0 radical (unpaired) electrons. The van der Waals surface area contributed by atoms with Crippen LogP contribution >= 0.6 is 0 Å². The Kier molecular flexibility index (Phi) is 5.98. The molecule has 96 valence electrons. The molecule has 0 saturated carbocycles. The number of pyridine rings is 1. The Morgan fingerprint density at radius 2 is 2.18 bits per heavy atom. The van der Waals surface area contributed by atoms with E-state index >= 15 is 0 Å². The summed E-state index contributed by atoms with van der Waals surface area (Å²) in [5.74, 6) is 1.08. The van der Waals surface area contributed by atoms with Crippen molar-refractivity contribution < 1.29 is 4.74 Å². The summed E-state index contributed by atoms with van der Waals surface area (Å²) in [4.78, 5) is 6.81. The lowest BCUT2D eigenvalue weighted by molar-refractivity contribution is 0.180. The molecule has 3 heteroatoms. The minimum atomic E-state index is 0.505. The lowest BCUT2D eigenvalue weighted by Crippen LogP contribution is -2.33. The highest BCUT2D eigenvalue weighted by Gasteiger charge is 2.25. The van der Waals surface area contributed by atoms with Gasteiger partial charge < -0.3 is 9.64 Å². The number of aryl methyl sites for hydroxylation is 1. The van der Waals surface area contributed by atoms with E-state index in [1.165, 1.54) is 18.4 Å². The normalized spacial score (nSPS) is 18.8. The van der Waals surface area contributed by atoms with Gasteiger partial charge in [-0.15, -0.1) is 0 Å². The van der Waals surface area contributed by atoms with E-state index in [2.05, 4.69) is 28.9 Å². The Morgan fingerprint density at radius 1 is 1.41 bits per heavy atom. The van der Waals surface area contributed by atoms with Gasteiger partial charge in [0.2, 0.25) is 0 Å². The van der Waals surface area contributed by atoms with Gasteiger partial charge in [0, 0.05) is 19.9 Å². The van der Waals surface area contributed by atoms with Crippen LogP contribution in [0.3, 0.4) is 0 Å². The quantitative estimate of drug-likeness (QED) is 0.806. The number of hydrogen-bond donors (Lipinski definition) is 0. The smallest absolute Gasteiger partial charge is 0.128 e. The van der Waals surface area contributed by atoms with Crippen molar-refractivity contribution in [3.8, 4) is 0 Å². The van der Waals surface area contributed by atoms with Crippen LogP contribution in [-0.4, -0.2) is 31.3 Å². The molecule has 1 saturated heterocycles. The zero-order valence-electron chi connectivity index (χ0n) is 11.4. The lowest BCUT2D eigenvalue weighted by Gasteiger charge is -2.25. The van der Waals surface area contributed by atoms with Crippen molar-refractivity contribution in [2.75, 3.05) is 25.2 Å². The molecule has 1 aromatic heterocycles. The van der Waals surface area contributed by atoms with E-state index in [1.807, 2.05) is 20.0 Å². The van der Waals surface area contributed by atoms with Crippen LogP contribution in [0.25, 0.3) is 0 Å². The maximum absolute atomic E-state index is 5.23. The molecular formula is C14H24N2O. The van der Waals surface area contributed by atoms with Gasteiger partial charge in [0.05, 0.1) is 12.6 Å². The summed E-state index contributed by atoms with van der Waals surface area (Å²) in [6.45, 7) is 7.97. The van der Waals surface area contributed by atoms with Gasteiger partial charge in [-0.25, -0.2) is 4.98 Å². The molecule has 1 atom stereocenters. The van der Waals surface area contributed by atoms with Crippen molar-refractivity contribution in [3.63, 3.8) is 0 Å². The predicted octanol–water partition coefficient (Wildman–Crippen LogP) is 3.03. The summed E-state index contributed by atoms with van der Waals surface area (Å²) >= 11 is 0. The molecule has 0 spiro atoms. The lowest BCUT2D eigenvalue weighted by atomic mass is 10.2. The monoisotopic (exact) mass is 236 g/mol. The first-order valence-corrected chi connectivity index (χ1v) is 6.49. The van der Waals surface area contributed by atoms with Crippen molar-refractivity contribution >= 4 is 5.82 Å². The minimum absolute atomic E-state index is 0.505. The van der Waals surface area contributed by atoms with E-state index in [4.69, 9.17) is 4.74 Å². The number of rotatable bonds is 3. The van der Waals surface area contributed by atoms with Gasteiger partial charge in [-0.1, -0.05) is 19.9 Å². The first-order chi connectivity index (χ1) is 8.31. The van der Waals surface area contributed by atoms with E-state index in [0.29, 0.717) is 6.04 Å². The minimum Gasteiger partial charge on any atom is -0.383 e. The Hall–Kier alpha value is -1.09. The summed E-state index contributed by atoms with van der Waals surface area (Å²) in [5.41, 5.74) is 1.21. The van der Waals surface area contributed by atoms with Crippen molar-refractivity contribution in [2.45, 2.75) is 39.7 Å². The van der Waals surface area contributed by atoms with Crippen LogP contribution < -0.4 is 4.90 Å². The van der Waals surface area contributed by atoms with E-state index < -0.39 is 0 Å². The van der Waals surface area contributed by atoms with Crippen LogP contribution in [0, 0.1) is 6.92 Å². The third-order valence-electron chi connectivity index (χ3n) is 2.93. The van der Waals surface area contributed by atoms with Crippen LogP contribution in [0.15, 0.2) is 18.3 Å². The second kappa shape index (κ2) is 7.28. The average Bonchev–Trinajstić information content (AvgIpc) is 2.82. The second-order valence-corrected chi connectivity index (χ2v) is 4.14. The zero-order valence-corrected chi connectivity index (χ0v) is 11.4. The van der Waals surface area contributed by atoms with Crippen molar-refractivity contribution in [1.82, 2.24) is 4.98 Å². The van der Waals surface area contributed by atoms with Gasteiger partial charge >= 0.3 is 0 Å². The SMILES string of the molecule is CC.COC[C@H]1CCCN1c1ccc(C)cn1. The van der Waals surface area contributed by atoms with E-state index in [-0.39, 0.29) is 0 Å². The standard InChI is InChI=1S/C12H18N2O.C2H6/c1-10-5-6-12(13-8-10)14-7-3-4-11(14)9-15-2;1-2/h5-6,8,11H,3-4,7,9H2,1-2H3;1-2H3/t11-;/m1./s1. The number of aromatic nitrogens is 1. The largest absolute Gasteiger partial charge is 0.383 e. The summed E-state index contributed by atoms with van der Waals surface area (Å²) in [6.07, 6.45) is 4.38. The van der Waals surface area contributed by atoms with Gasteiger partial charge in [-0.2, -0.15) is 0 Å². The molecule has 2 rings (SSSR count). The molecule has 0 aliphatic carbocycles. The molecular weight excluding hydrogens is 212 g/mol. The molecule has 0 bridgehead atoms. The molecule has 17 heavy (non-hydrogen) atoms. The number of anilines is 1. The molecule has 1 aliphatic heterocycles. The summed E-state index contributed by atoms with van der Waals surface area (Å²) in [7, 11) is 1.76. The van der Waals surface area contributed by atoms with Crippen LogP contribution in [0.4, 0.5) is 5.82 Å². The maximum atomic E-state index is 5.23. The van der Waals surface area contributed by atoms with E-state index in [1.54, 1.807) is 7.11 Å². The fourth-order valence-electron chi connectivity index (χ4n) is 2.13. The van der Waals surface area contributed by atoms with Crippen LogP contribution in [0.5, 0.6) is 0 Å². The fraction of sp³-hybridized carbons (Fsp3) is 0.643. The molecule has 1 aliphatic rings. The Balaban J connectivity index is 0.000000686. The van der Waals surface area contributed by atoms with Gasteiger partial charge in [0.15, 0.2) is 0 Å². The Bertz CT molecular complexity index is 311. The fourth-order valence-corrected chi connectivity index (χ4v) is 2.13.